The molecule has 2 aromatic rings. The molecular formula is C17H21N3O2. The Labute approximate surface area is 129 Å². The monoisotopic (exact) mass is 299 g/mol. The number of nitrogens with zero attached hydrogens (tertiary/aromatic N) is 3. The fourth-order valence-corrected chi connectivity index (χ4v) is 3.25. The highest BCUT2D eigenvalue weighted by atomic mass is 16.5. The van der Waals surface area contributed by atoms with Crippen molar-refractivity contribution in [3.8, 4) is 0 Å². The minimum atomic E-state index is 0.104. The normalized spacial score (nSPS) is 19.8. The number of aromatic nitrogens is 2. The zero-order valence-corrected chi connectivity index (χ0v) is 13.1. The Balaban J connectivity index is 1.75. The number of hydrogen-bond acceptors (Lipinski definition) is 4. The van der Waals surface area contributed by atoms with Crippen LogP contribution in [0.3, 0.4) is 0 Å². The zero-order valence-electron chi connectivity index (χ0n) is 13.1. The molecule has 3 heterocycles. The Morgan fingerprint density at radius 3 is 2.68 bits per heavy atom. The number of fused-ring (bicyclic) bond motifs is 1. The SMILES string of the molecule is Cc1noc2nc(C3CC3)cc(C(=O)N3CCC(C)CC3)c12. The number of likely N-dealkylation sites (tertiary alicyclic amines) is 1. The molecule has 1 saturated heterocycles. The third-order valence-electron chi connectivity index (χ3n) is 4.93. The third-order valence-corrected chi connectivity index (χ3v) is 4.93. The average molecular weight is 299 g/mol. The predicted octanol–water partition coefficient (Wildman–Crippen LogP) is 3.28. The van der Waals surface area contributed by atoms with Crippen LogP contribution in [-0.4, -0.2) is 34.0 Å². The molecule has 0 aromatic carbocycles. The van der Waals surface area contributed by atoms with Crippen LogP contribution >= 0.6 is 0 Å². The predicted molar refractivity (Wildman–Crippen MR) is 82.8 cm³/mol. The van der Waals surface area contributed by atoms with Crippen molar-refractivity contribution >= 4 is 17.0 Å². The highest BCUT2D eigenvalue weighted by Crippen LogP contribution is 2.40. The summed E-state index contributed by atoms with van der Waals surface area (Å²) in [6.45, 7) is 5.81. The van der Waals surface area contributed by atoms with E-state index in [4.69, 9.17) is 4.52 Å². The third kappa shape index (κ3) is 2.28. The summed E-state index contributed by atoms with van der Waals surface area (Å²) in [4.78, 5) is 19.5. The molecule has 0 unspecified atom stereocenters. The fraction of sp³-hybridized carbons (Fsp3) is 0.588. The van der Waals surface area contributed by atoms with Crippen molar-refractivity contribution in [1.29, 1.82) is 0 Å². The van der Waals surface area contributed by atoms with Gasteiger partial charge >= 0.3 is 0 Å². The number of hydrogen-bond donors (Lipinski definition) is 0. The van der Waals surface area contributed by atoms with E-state index in [0.29, 0.717) is 17.5 Å². The summed E-state index contributed by atoms with van der Waals surface area (Å²) in [6, 6.07) is 1.98. The highest BCUT2D eigenvalue weighted by molar-refractivity contribution is 6.06. The lowest BCUT2D eigenvalue weighted by molar-refractivity contribution is 0.0699. The van der Waals surface area contributed by atoms with Crippen LogP contribution in [0.5, 0.6) is 0 Å². The van der Waals surface area contributed by atoms with E-state index < -0.39 is 0 Å². The van der Waals surface area contributed by atoms with Gasteiger partial charge in [0.1, 0.15) is 0 Å². The molecule has 1 aliphatic heterocycles. The number of pyridine rings is 1. The van der Waals surface area contributed by atoms with Crippen molar-refractivity contribution < 1.29 is 9.32 Å². The first-order valence-corrected chi connectivity index (χ1v) is 8.19. The molecule has 1 aliphatic carbocycles. The first-order valence-electron chi connectivity index (χ1n) is 8.19. The van der Waals surface area contributed by atoms with E-state index in [2.05, 4.69) is 17.1 Å². The van der Waals surface area contributed by atoms with Gasteiger partial charge in [0.25, 0.3) is 11.6 Å². The maximum atomic E-state index is 13.0. The lowest BCUT2D eigenvalue weighted by Gasteiger charge is -2.30. The van der Waals surface area contributed by atoms with Gasteiger partial charge in [-0.15, -0.1) is 0 Å². The second-order valence-electron chi connectivity index (χ2n) is 6.79. The summed E-state index contributed by atoms with van der Waals surface area (Å²) in [5.41, 5.74) is 2.96. The average Bonchev–Trinajstić information content (AvgIpc) is 3.31. The molecule has 4 rings (SSSR count). The molecule has 1 saturated carbocycles. The number of rotatable bonds is 2. The number of amides is 1. The molecule has 0 atom stereocenters. The Hall–Kier alpha value is -1.91. The molecule has 0 bridgehead atoms. The highest BCUT2D eigenvalue weighted by Gasteiger charge is 2.30. The van der Waals surface area contributed by atoms with Crippen LogP contribution in [0.1, 0.15) is 60.3 Å². The maximum absolute atomic E-state index is 13.0. The van der Waals surface area contributed by atoms with E-state index in [0.717, 1.165) is 61.1 Å². The Bertz CT molecular complexity index is 725. The Morgan fingerprint density at radius 1 is 1.27 bits per heavy atom. The summed E-state index contributed by atoms with van der Waals surface area (Å²) in [7, 11) is 0. The van der Waals surface area contributed by atoms with Gasteiger partial charge in [-0.1, -0.05) is 12.1 Å². The van der Waals surface area contributed by atoms with E-state index in [1.54, 1.807) is 0 Å². The van der Waals surface area contributed by atoms with E-state index in [1.165, 1.54) is 0 Å². The zero-order chi connectivity index (χ0) is 15.3. The van der Waals surface area contributed by atoms with Gasteiger partial charge in [-0.25, -0.2) is 4.98 Å². The van der Waals surface area contributed by atoms with Crippen LogP contribution in [0.15, 0.2) is 10.6 Å². The van der Waals surface area contributed by atoms with Gasteiger partial charge in [0, 0.05) is 24.7 Å². The summed E-state index contributed by atoms with van der Waals surface area (Å²) < 4.78 is 5.33. The van der Waals surface area contributed by atoms with Crippen LogP contribution in [0.4, 0.5) is 0 Å². The largest absolute Gasteiger partial charge is 0.339 e. The van der Waals surface area contributed by atoms with Crippen molar-refractivity contribution in [1.82, 2.24) is 15.0 Å². The van der Waals surface area contributed by atoms with Crippen LogP contribution in [0.25, 0.3) is 11.1 Å². The number of carbonyl (C=O) groups excluding carboxylic acids is 1. The Kier molecular flexibility index (Phi) is 3.17. The van der Waals surface area contributed by atoms with E-state index >= 15 is 0 Å². The van der Waals surface area contributed by atoms with Gasteiger partial charge in [-0.3, -0.25) is 4.79 Å². The molecule has 22 heavy (non-hydrogen) atoms. The fourth-order valence-electron chi connectivity index (χ4n) is 3.25. The summed E-state index contributed by atoms with van der Waals surface area (Å²) in [5.74, 6) is 1.30. The molecule has 0 spiro atoms. The van der Waals surface area contributed by atoms with E-state index in [1.807, 2.05) is 17.9 Å². The van der Waals surface area contributed by atoms with Crippen molar-refractivity contribution in [2.45, 2.75) is 45.4 Å². The second kappa shape index (κ2) is 5.07. The topological polar surface area (TPSA) is 59.2 Å². The molecule has 2 fully saturated rings. The van der Waals surface area contributed by atoms with Crippen molar-refractivity contribution in [2.75, 3.05) is 13.1 Å². The number of aryl methyl sites for hydroxylation is 1. The van der Waals surface area contributed by atoms with Crippen molar-refractivity contribution in [2.24, 2.45) is 5.92 Å². The second-order valence-corrected chi connectivity index (χ2v) is 6.79. The summed E-state index contributed by atoms with van der Waals surface area (Å²) in [5, 5.41) is 4.79. The first-order chi connectivity index (χ1) is 10.6. The molecule has 0 N–H and O–H groups in total. The molecule has 2 aromatic heterocycles. The van der Waals surface area contributed by atoms with Crippen molar-refractivity contribution in [3.63, 3.8) is 0 Å². The van der Waals surface area contributed by atoms with Gasteiger partial charge < -0.3 is 9.42 Å². The van der Waals surface area contributed by atoms with Gasteiger partial charge in [0.15, 0.2) is 0 Å². The minimum Gasteiger partial charge on any atom is -0.339 e. The van der Waals surface area contributed by atoms with Crippen molar-refractivity contribution in [3.05, 3.63) is 23.0 Å². The molecular weight excluding hydrogens is 278 g/mol. The van der Waals surface area contributed by atoms with E-state index in [9.17, 15) is 4.79 Å². The van der Waals surface area contributed by atoms with E-state index in [-0.39, 0.29) is 5.91 Å². The molecule has 5 nitrogen and oxygen atoms in total. The van der Waals surface area contributed by atoms with Crippen LogP contribution < -0.4 is 0 Å². The standard InChI is InChI=1S/C17H21N3O2/c1-10-5-7-20(8-6-10)17(21)13-9-14(12-3-4-12)18-16-15(13)11(2)19-22-16/h9-10,12H,3-8H2,1-2H3. The Morgan fingerprint density at radius 2 is 2.00 bits per heavy atom. The summed E-state index contributed by atoms with van der Waals surface area (Å²) >= 11 is 0. The van der Waals surface area contributed by atoms with Gasteiger partial charge in [-0.05, 0) is 44.6 Å². The molecule has 1 amide bonds. The lowest BCUT2D eigenvalue weighted by Crippen LogP contribution is -2.38. The maximum Gasteiger partial charge on any atom is 0.259 e. The minimum absolute atomic E-state index is 0.104. The van der Waals surface area contributed by atoms with Gasteiger partial charge in [0.05, 0.1) is 16.6 Å². The quantitative estimate of drug-likeness (QED) is 0.854. The summed E-state index contributed by atoms with van der Waals surface area (Å²) in [6.07, 6.45) is 4.47. The smallest absolute Gasteiger partial charge is 0.259 e. The van der Waals surface area contributed by atoms with Crippen LogP contribution in [0, 0.1) is 12.8 Å². The molecule has 0 radical (unpaired) electrons. The molecule has 2 aliphatic rings. The van der Waals surface area contributed by atoms with Crippen LogP contribution in [0.2, 0.25) is 0 Å². The lowest BCUT2D eigenvalue weighted by atomic mass is 9.98. The van der Waals surface area contributed by atoms with Crippen LogP contribution in [-0.2, 0) is 0 Å². The molecule has 5 heteroatoms. The molecule has 116 valence electrons. The van der Waals surface area contributed by atoms with Gasteiger partial charge in [0.2, 0.25) is 0 Å². The number of piperidine rings is 1. The first kappa shape index (κ1) is 13.7. The van der Waals surface area contributed by atoms with Gasteiger partial charge in [-0.2, -0.15) is 0 Å². The number of carbonyl (C=O) groups is 1.